The first-order valence-corrected chi connectivity index (χ1v) is 10.3. The molecule has 2 aromatic carbocycles. The highest BCUT2D eigenvalue weighted by Gasteiger charge is 2.22. The van der Waals surface area contributed by atoms with Crippen molar-refractivity contribution in [2.45, 2.75) is 31.2 Å². The molecule has 1 fully saturated rings. The number of nitrogens with one attached hydrogen (secondary N) is 1. The Bertz CT molecular complexity index is 765. The Hall–Kier alpha value is -1.69. The molecule has 1 aliphatic rings. The van der Waals surface area contributed by atoms with Crippen LogP contribution in [0.25, 0.3) is 0 Å². The summed E-state index contributed by atoms with van der Waals surface area (Å²) in [5, 5.41) is 0. The van der Waals surface area contributed by atoms with Gasteiger partial charge in [-0.15, -0.1) is 0 Å². The van der Waals surface area contributed by atoms with Crippen molar-refractivity contribution in [1.29, 1.82) is 0 Å². The lowest BCUT2D eigenvalue weighted by Gasteiger charge is -2.32. The Labute approximate surface area is 150 Å². The summed E-state index contributed by atoms with van der Waals surface area (Å²) >= 11 is 0. The van der Waals surface area contributed by atoms with E-state index in [9.17, 15) is 8.42 Å². The third-order valence-electron chi connectivity index (χ3n) is 4.85. The minimum atomic E-state index is -3.40. The van der Waals surface area contributed by atoms with Crippen LogP contribution in [0.15, 0.2) is 59.5 Å². The van der Waals surface area contributed by atoms with E-state index in [1.54, 1.807) is 12.1 Å². The molecule has 134 valence electrons. The van der Waals surface area contributed by atoms with Crippen LogP contribution in [0.5, 0.6) is 0 Å². The first kappa shape index (κ1) is 18.1. The number of sulfonamides is 1. The fraction of sp³-hybridized carbons (Fsp3) is 0.400. The summed E-state index contributed by atoms with van der Waals surface area (Å²) in [6.45, 7) is 5.49. The SMILES string of the molecule is Cc1ccc(S(=O)(=O)NCC2CCN(Cc3ccccc3)CC2)cc1. The van der Waals surface area contributed by atoms with Crippen molar-refractivity contribution in [3.8, 4) is 0 Å². The van der Waals surface area contributed by atoms with Crippen molar-refractivity contribution in [1.82, 2.24) is 9.62 Å². The Balaban J connectivity index is 1.47. The second-order valence-electron chi connectivity index (χ2n) is 6.87. The van der Waals surface area contributed by atoms with Crippen LogP contribution in [-0.4, -0.2) is 33.0 Å². The molecule has 0 spiro atoms. The zero-order valence-corrected chi connectivity index (χ0v) is 15.5. The Kier molecular flexibility index (Phi) is 5.89. The summed E-state index contributed by atoms with van der Waals surface area (Å²) < 4.78 is 27.5. The molecule has 1 aliphatic heterocycles. The van der Waals surface area contributed by atoms with Gasteiger partial charge in [0.25, 0.3) is 0 Å². The van der Waals surface area contributed by atoms with Crippen LogP contribution in [0.4, 0.5) is 0 Å². The van der Waals surface area contributed by atoms with Crippen LogP contribution in [-0.2, 0) is 16.6 Å². The van der Waals surface area contributed by atoms with Crippen LogP contribution in [0, 0.1) is 12.8 Å². The molecule has 0 saturated carbocycles. The Morgan fingerprint density at radius 2 is 1.64 bits per heavy atom. The highest BCUT2D eigenvalue weighted by molar-refractivity contribution is 7.89. The van der Waals surface area contributed by atoms with Gasteiger partial charge in [-0.1, -0.05) is 48.0 Å². The van der Waals surface area contributed by atoms with Gasteiger partial charge in [-0.25, -0.2) is 13.1 Å². The van der Waals surface area contributed by atoms with E-state index in [0.717, 1.165) is 38.0 Å². The lowest BCUT2D eigenvalue weighted by atomic mass is 9.97. The van der Waals surface area contributed by atoms with Crippen molar-refractivity contribution in [3.05, 3.63) is 65.7 Å². The average molecular weight is 359 g/mol. The lowest BCUT2D eigenvalue weighted by molar-refractivity contribution is 0.178. The van der Waals surface area contributed by atoms with Crippen molar-refractivity contribution in [2.75, 3.05) is 19.6 Å². The smallest absolute Gasteiger partial charge is 0.240 e. The third-order valence-corrected chi connectivity index (χ3v) is 6.29. The summed E-state index contributed by atoms with van der Waals surface area (Å²) in [5.41, 5.74) is 2.39. The van der Waals surface area contributed by atoms with Crippen molar-refractivity contribution in [2.24, 2.45) is 5.92 Å². The van der Waals surface area contributed by atoms with Crippen LogP contribution in [0.2, 0.25) is 0 Å². The molecule has 0 unspecified atom stereocenters. The maximum absolute atomic E-state index is 12.4. The van der Waals surface area contributed by atoms with Gasteiger partial charge < -0.3 is 0 Å². The average Bonchev–Trinajstić information content (AvgIpc) is 2.62. The zero-order chi connectivity index (χ0) is 17.7. The molecule has 0 atom stereocenters. The van der Waals surface area contributed by atoms with Gasteiger partial charge in [0.05, 0.1) is 4.90 Å². The highest BCUT2D eigenvalue weighted by atomic mass is 32.2. The molecule has 0 radical (unpaired) electrons. The molecular weight excluding hydrogens is 332 g/mol. The normalized spacial score (nSPS) is 16.8. The van der Waals surface area contributed by atoms with Gasteiger partial charge in [0.15, 0.2) is 0 Å². The van der Waals surface area contributed by atoms with Gasteiger partial charge >= 0.3 is 0 Å². The molecule has 4 nitrogen and oxygen atoms in total. The summed E-state index contributed by atoms with van der Waals surface area (Å²) in [4.78, 5) is 2.79. The number of aryl methyl sites for hydroxylation is 1. The van der Waals surface area contributed by atoms with E-state index < -0.39 is 10.0 Å². The van der Waals surface area contributed by atoms with Gasteiger partial charge in [0.1, 0.15) is 0 Å². The first-order valence-electron chi connectivity index (χ1n) is 8.85. The standard InChI is InChI=1S/C20H26N2O2S/c1-17-7-9-20(10-8-17)25(23,24)21-15-18-11-13-22(14-12-18)16-19-5-3-2-4-6-19/h2-10,18,21H,11-16H2,1H3. The second-order valence-corrected chi connectivity index (χ2v) is 8.64. The molecule has 25 heavy (non-hydrogen) atoms. The first-order chi connectivity index (χ1) is 12.0. The van der Waals surface area contributed by atoms with Gasteiger partial charge in [0, 0.05) is 13.1 Å². The van der Waals surface area contributed by atoms with Crippen molar-refractivity contribution < 1.29 is 8.42 Å². The number of hydrogen-bond acceptors (Lipinski definition) is 3. The van der Waals surface area contributed by atoms with E-state index in [-0.39, 0.29) is 0 Å². The van der Waals surface area contributed by atoms with Gasteiger partial charge in [-0.2, -0.15) is 0 Å². The molecule has 1 N–H and O–H groups in total. The Morgan fingerprint density at radius 1 is 1.00 bits per heavy atom. The van der Waals surface area contributed by atoms with E-state index in [2.05, 4.69) is 33.9 Å². The van der Waals surface area contributed by atoms with Crippen LogP contribution in [0.3, 0.4) is 0 Å². The number of likely N-dealkylation sites (tertiary alicyclic amines) is 1. The molecule has 0 aliphatic carbocycles. The Morgan fingerprint density at radius 3 is 2.28 bits per heavy atom. The van der Waals surface area contributed by atoms with Gasteiger partial charge in [-0.3, -0.25) is 4.90 Å². The monoisotopic (exact) mass is 358 g/mol. The summed E-state index contributed by atoms with van der Waals surface area (Å²) in [7, 11) is -3.40. The molecule has 1 heterocycles. The highest BCUT2D eigenvalue weighted by Crippen LogP contribution is 2.19. The van der Waals surface area contributed by atoms with Crippen LogP contribution in [0.1, 0.15) is 24.0 Å². The van der Waals surface area contributed by atoms with E-state index in [1.807, 2.05) is 25.1 Å². The predicted octanol–water partition coefficient (Wildman–Crippen LogP) is 3.19. The topological polar surface area (TPSA) is 49.4 Å². The van der Waals surface area contributed by atoms with E-state index >= 15 is 0 Å². The minimum absolute atomic E-state index is 0.347. The van der Waals surface area contributed by atoms with E-state index in [4.69, 9.17) is 0 Å². The van der Waals surface area contributed by atoms with Gasteiger partial charge in [-0.05, 0) is 56.5 Å². The predicted molar refractivity (Wildman–Crippen MR) is 101 cm³/mol. The summed E-state index contributed by atoms with van der Waals surface area (Å²) in [6, 6.07) is 17.5. The molecule has 0 aromatic heterocycles. The maximum Gasteiger partial charge on any atom is 0.240 e. The lowest BCUT2D eigenvalue weighted by Crippen LogP contribution is -2.38. The molecule has 2 aromatic rings. The molecular formula is C20H26N2O2S. The molecule has 5 heteroatoms. The quantitative estimate of drug-likeness (QED) is 0.863. The van der Waals surface area contributed by atoms with E-state index in [1.165, 1.54) is 5.56 Å². The molecule has 0 amide bonds. The number of hydrogen-bond donors (Lipinski definition) is 1. The van der Waals surface area contributed by atoms with Crippen LogP contribution < -0.4 is 4.72 Å². The third kappa shape index (κ3) is 5.14. The maximum atomic E-state index is 12.4. The van der Waals surface area contributed by atoms with Crippen molar-refractivity contribution in [3.63, 3.8) is 0 Å². The van der Waals surface area contributed by atoms with Crippen LogP contribution >= 0.6 is 0 Å². The summed E-state index contributed by atoms with van der Waals surface area (Å²) in [6.07, 6.45) is 2.06. The minimum Gasteiger partial charge on any atom is -0.299 e. The number of benzene rings is 2. The fourth-order valence-electron chi connectivity index (χ4n) is 3.22. The molecule has 1 saturated heterocycles. The fourth-order valence-corrected chi connectivity index (χ4v) is 4.33. The summed E-state index contributed by atoms with van der Waals surface area (Å²) in [5.74, 6) is 0.409. The zero-order valence-electron chi connectivity index (χ0n) is 14.7. The second kappa shape index (κ2) is 8.13. The van der Waals surface area contributed by atoms with Gasteiger partial charge in [0.2, 0.25) is 10.0 Å². The number of rotatable bonds is 6. The number of nitrogens with zero attached hydrogens (tertiary/aromatic N) is 1. The van der Waals surface area contributed by atoms with E-state index in [0.29, 0.717) is 17.4 Å². The molecule has 3 rings (SSSR count). The molecule has 0 bridgehead atoms. The van der Waals surface area contributed by atoms with Crippen molar-refractivity contribution >= 4 is 10.0 Å². The largest absolute Gasteiger partial charge is 0.299 e. The number of piperidine rings is 1.